The molecule has 0 saturated heterocycles. The van der Waals surface area contributed by atoms with Crippen LogP contribution >= 0.6 is 15.9 Å². The minimum absolute atomic E-state index is 0.113. The van der Waals surface area contributed by atoms with E-state index in [1.807, 2.05) is 0 Å². The predicted molar refractivity (Wildman–Crippen MR) is 82.2 cm³/mol. The molecule has 2 rings (SSSR count). The van der Waals surface area contributed by atoms with Crippen molar-refractivity contribution in [2.75, 3.05) is 6.54 Å². The van der Waals surface area contributed by atoms with Crippen LogP contribution in [-0.4, -0.2) is 12.5 Å². The molecule has 0 aliphatic heterocycles. The highest BCUT2D eigenvalue weighted by Gasteiger charge is 2.21. The van der Waals surface area contributed by atoms with Crippen LogP contribution in [0.25, 0.3) is 0 Å². The van der Waals surface area contributed by atoms with Crippen LogP contribution in [0.5, 0.6) is 0 Å². The molecule has 0 unspecified atom stereocenters. The molecule has 0 bridgehead atoms. The zero-order valence-corrected chi connectivity index (χ0v) is 13.4. The van der Waals surface area contributed by atoms with Crippen molar-refractivity contribution in [3.8, 4) is 0 Å². The molecule has 1 aromatic rings. The largest absolute Gasteiger partial charge is 0.352 e. The van der Waals surface area contributed by atoms with Crippen molar-refractivity contribution in [1.29, 1.82) is 0 Å². The Hall–Kier alpha value is -0.900. The third-order valence-corrected chi connectivity index (χ3v) is 4.76. The summed E-state index contributed by atoms with van der Waals surface area (Å²) in [6.45, 7) is 2.89. The lowest BCUT2D eigenvalue weighted by Crippen LogP contribution is -2.31. The van der Waals surface area contributed by atoms with Gasteiger partial charge in [-0.15, -0.1) is 0 Å². The van der Waals surface area contributed by atoms with Crippen molar-refractivity contribution in [3.63, 3.8) is 0 Å². The average Bonchev–Trinajstić information content (AvgIpc) is 2.47. The third kappa shape index (κ3) is 4.05. The predicted octanol–water partition coefficient (Wildman–Crippen LogP) is 4.53. The van der Waals surface area contributed by atoms with E-state index in [0.717, 1.165) is 5.92 Å². The Morgan fingerprint density at radius 3 is 2.60 bits per heavy atom. The van der Waals surface area contributed by atoms with Gasteiger partial charge >= 0.3 is 0 Å². The summed E-state index contributed by atoms with van der Waals surface area (Å²) < 4.78 is 14.3. The third-order valence-electron chi connectivity index (χ3n) is 4.27. The Kier molecular flexibility index (Phi) is 5.58. The molecule has 0 heterocycles. The quantitative estimate of drug-likeness (QED) is 0.856. The lowest BCUT2D eigenvalue weighted by atomic mass is 9.81. The summed E-state index contributed by atoms with van der Waals surface area (Å²) in [4.78, 5) is 12.0. The molecule has 0 atom stereocenters. The zero-order chi connectivity index (χ0) is 14.5. The maximum absolute atomic E-state index is 13.6. The van der Waals surface area contributed by atoms with Gasteiger partial charge in [0.1, 0.15) is 5.82 Å². The van der Waals surface area contributed by atoms with Crippen LogP contribution in [0, 0.1) is 17.7 Å². The summed E-state index contributed by atoms with van der Waals surface area (Å²) in [7, 11) is 0. The maximum Gasteiger partial charge on any atom is 0.254 e. The summed E-state index contributed by atoms with van der Waals surface area (Å²) in [6.07, 6.45) is 6.09. The number of hydrogen-bond acceptors (Lipinski definition) is 1. The second-order valence-corrected chi connectivity index (χ2v) is 6.54. The van der Waals surface area contributed by atoms with Crippen molar-refractivity contribution < 1.29 is 9.18 Å². The number of carbonyl (C=O) groups excluding carboxylic acids is 1. The molecular formula is C16H21BrFNO. The van der Waals surface area contributed by atoms with Gasteiger partial charge in [0.15, 0.2) is 0 Å². The molecule has 1 aromatic carbocycles. The Bertz CT molecular complexity index is 470. The Morgan fingerprint density at radius 1 is 1.30 bits per heavy atom. The smallest absolute Gasteiger partial charge is 0.254 e. The van der Waals surface area contributed by atoms with Gasteiger partial charge in [0.2, 0.25) is 0 Å². The van der Waals surface area contributed by atoms with Crippen LogP contribution in [0.4, 0.5) is 4.39 Å². The molecule has 1 amide bonds. The van der Waals surface area contributed by atoms with E-state index >= 15 is 0 Å². The van der Waals surface area contributed by atoms with E-state index in [0.29, 0.717) is 16.9 Å². The highest BCUT2D eigenvalue weighted by molar-refractivity contribution is 9.10. The first kappa shape index (κ1) is 15.5. The molecule has 1 fully saturated rings. The van der Waals surface area contributed by atoms with Crippen molar-refractivity contribution >= 4 is 21.8 Å². The summed E-state index contributed by atoms with van der Waals surface area (Å²) in [5.74, 6) is 0.600. The number of carbonyl (C=O) groups is 1. The lowest BCUT2D eigenvalue weighted by molar-refractivity contribution is 0.0937. The van der Waals surface area contributed by atoms with Crippen molar-refractivity contribution in [3.05, 3.63) is 34.1 Å². The number of hydrogen-bond donors (Lipinski definition) is 1. The number of benzene rings is 1. The molecule has 110 valence electrons. The molecule has 0 radical (unpaired) electrons. The van der Waals surface area contributed by atoms with Gasteiger partial charge in [-0.05, 0) is 42.9 Å². The van der Waals surface area contributed by atoms with Crippen LogP contribution < -0.4 is 5.32 Å². The Morgan fingerprint density at radius 2 is 1.95 bits per heavy atom. The minimum Gasteiger partial charge on any atom is -0.352 e. The molecule has 20 heavy (non-hydrogen) atoms. The highest BCUT2D eigenvalue weighted by Crippen LogP contribution is 2.30. The van der Waals surface area contributed by atoms with E-state index in [-0.39, 0.29) is 11.5 Å². The van der Waals surface area contributed by atoms with E-state index in [1.54, 1.807) is 6.07 Å². The second-order valence-electron chi connectivity index (χ2n) is 5.63. The van der Waals surface area contributed by atoms with Crippen LogP contribution in [0.15, 0.2) is 22.7 Å². The fraction of sp³-hybridized carbons (Fsp3) is 0.562. The topological polar surface area (TPSA) is 29.1 Å². The zero-order valence-electron chi connectivity index (χ0n) is 11.8. The molecule has 0 spiro atoms. The van der Waals surface area contributed by atoms with Crippen LogP contribution in [0.2, 0.25) is 0 Å². The van der Waals surface area contributed by atoms with Gasteiger partial charge in [-0.25, -0.2) is 4.39 Å². The van der Waals surface area contributed by atoms with Crippen molar-refractivity contribution in [1.82, 2.24) is 5.32 Å². The average molecular weight is 342 g/mol. The van der Waals surface area contributed by atoms with Crippen LogP contribution in [0.1, 0.15) is 49.4 Å². The second kappa shape index (κ2) is 7.21. The Balaban J connectivity index is 1.85. The van der Waals surface area contributed by atoms with Gasteiger partial charge < -0.3 is 5.32 Å². The van der Waals surface area contributed by atoms with E-state index in [4.69, 9.17) is 0 Å². The van der Waals surface area contributed by atoms with Gasteiger partial charge in [-0.2, -0.15) is 0 Å². The number of nitrogens with one attached hydrogen (secondary N) is 1. The lowest BCUT2D eigenvalue weighted by Gasteiger charge is -2.27. The minimum atomic E-state index is -0.472. The number of rotatable bonds is 4. The van der Waals surface area contributed by atoms with Gasteiger partial charge in [-0.3, -0.25) is 4.79 Å². The van der Waals surface area contributed by atoms with Gasteiger partial charge in [0.05, 0.1) is 5.56 Å². The highest BCUT2D eigenvalue weighted by atomic mass is 79.9. The van der Waals surface area contributed by atoms with E-state index < -0.39 is 5.82 Å². The molecule has 4 heteroatoms. The summed E-state index contributed by atoms with van der Waals surface area (Å²) >= 11 is 3.26. The van der Waals surface area contributed by atoms with Gasteiger partial charge in [-0.1, -0.05) is 42.1 Å². The maximum atomic E-state index is 13.6. The molecule has 2 nitrogen and oxygen atoms in total. The van der Waals surface area contributed by atoms with Crippen molar-refractivity contribution in [2.45, 2.75) is 39.0 Å². The SMILES string of the molecule is CCC1CCC(CNC(=O)c2cc(Br)ccc2F)CC1. The van der Waals surface area contributed by atoms with Gasteiger partial charge in [0, 0.05) is 11.0 Å². The standard InChI is InChI=1S/C16H21BrFNO/c1-2-11-3-5-12(6-4-11)10-19-16(20)14-9-13(17)7-8-15(14)18/h7-9,11-12H,2-6,10H2,1H3,(H,19,20). The fourth-order valence-electron chi connectivity index (χ4n) is 2.85. The van der Waals surface area contributed by atoms with E-state index in [1.165, 1.54) is 44.2 Å². The molecule has 1 aliphatic carbocycles. The Labute approximate surface area is 128 Å². The number of halogens is 2. The van der Waals surface area contributed by atoms with Crippen LogP contribution in [0.3, 0.4) is 0 Å². The molecular weight excluding hydrogens is 321 g/mol. The van der Waals surface area contributed by atoms with E-state index in [9.17, 15) is 9.18 Å². The van der Waals surface area contributed by atoms with Crippen LogP contribution in [-0.2, 0) is 0 Å². The normalized spacial score (nSPS) is 22.6. The monoisotopic (exact) mass is 341 g/mol. The summed E-state index contributed by atoms with van der Waals surface area (Å²) in [6, 6.07) is 4.43. The van der Waals surface area contributed by atoms with Gasteiger partial charge in [0.25, 0.3) is 5.91 Å². The molecule has 1 aliphatic rings. The van der Waals surface area contributed by atoms with Crippen molar-refractivity contribution in [2.24, 2.45) is 11.8 Å². The number of amides is 1. The molecule has 0 aromatic heterocycles. The first-order valence-electron chi connectivity index (χ1n) is 7.33. The summed E-state index contributed by atoms with van der Waals surface area (Å²) in [5, 5.41) is 2.87. The molecule has 1 N–H and O–H groups in total. The fourth-order valence-corrected chi connectivity index (χ4v) is 3.21. The first-order valence-corrected chi connectivity index (χ1v) is 8.12. The summed E-state index contributed by atoms with van der Waals surface area (Å²) in [5.41, 5.74) is 0.113. The van der Waals surface area contributed by atoms with E-state index in [2.05, 4.69) is 28.2 Å². The molecule has 1 saturated carbocycles. The first-order chi connectivity index (χ1) is 9.60.